The van der Waals surface area contributed by atoms with Crippen LogP contribution in [0, 0.1) is 10.1 Å². The number of carbonyl (C=O) groups excluding carboxylic acids is 1. The van der Waals surface area contributed by atoms with Crippen molar-refractivity contribution in [2.45, 2.75) is 22.4 Å². The zero-order valence-electron chi connectivity index (χ0n) is 12.6. The van der Waals surface area contributed by atoms with Crippen LogP contribution in [0.3, 0.4) is 0 Å². The van der Waals surface area contributed by atoms with E-state index in [-0.39, 0.29) is 17.1 Å². The molecule has 2 N–H and O–H groups in total. The van der Waals surface area contributed by atoms with E-state index < -0.39 is 42.4 Å². The number of sulfone groups is 1. The minimum absolute atomic E-state index is 0.00462. The highest BCUT2D eigenvalue weighted by Crippen LogP contribution is 2.30. The molecule has 2 rings (SSSR count). The van der Waals surface area contributed by atoms with E-state index >= 15 is 0 Å². The number of nitrogens with one attached hydrogen (secondary N) is 2. The number of carbonyl (C=O) groups is 1. The van der Waals surface area contributed by atoms with Gasteiger partial charge in [-0.15, -0.1) is 0 Å². The third kappa shape index (κ3) is 5.42. The molecule has 1 aliphatic heterocycles. The summed E-state index contributed by atoms with van der Waals surface area (Å²) in [5.74, 6) is -0.974. The van der Waals surface area contributed by atoms with Crippen LogP contribution in [-0.4, -0.2) is 46.8 Å². The van der Waals surface area contributed by atoms with E-state index in [1.165, 1.54) is 24.3 Å². The zero-order valence-corrected chi connectivity index (χ0v) is 15.7. The molecule has 0 unspecified atom stereocenters. The number of nitro benzene ring substituents is 1. The summed E-state index contributed by atoms with van der Waals surface area (Å²) in [6.45, 7) is 0. The van der Waals surface area contributed by atoms with Gasteiger partial charge in [0.25, 0.3) is 11.6 Å². The molecule has 0 bridgehead atoms. The minimum Gasteiger partial charge on any atom is -0.332 e. The standard InChI is InChI=1S/C13H14Cl3N3O5S/c14-13(15,16)12(17-8-5-6-25(23,24)7-8)18-11(20)9-3-1-2-4-10(9)19(21)22/h1-4,8,12,17H,5-7H2,(H,18,20)/t8-,12-/m1/s1. The second kappa shape index (κ2) is 7.63. The van der Waals surface area contributed by atoms with Gasteiger partial charge in [0.15, 0.2) is 9.84 Å². The first-order valence-electron chi connectivity index (χ1n) is 7.07. The summed E-state index contributed by atoms with van der Waals surface area (Å²) in [7, 11) is -3.18. The molecule has 1 aliphatic rings. The molecule has 0 radical (unpaired) electrons. The van der Waals surface area contributed by atoms with E-state index in [4.69, 9.17) is 34.8 Å². The molecular weight excluding hydrogens is 417 g/mol. The summed E-state index contributed by atoms with van der Waals surface area (Å²) in [5, 5.41) is 16.2. The third-order valence-corrected chi connectivity index (χ3v) is 6.01. The molecule has 138 valence electrons. The predicted molar refractivity (Wildman–Crippen MR) is 94.8 cm³/mol. The fourth-order valence-electron chi connectivity index (χ4n) is 2.41. The first kappa shape index (κ1) is 20.2. The Morgan fingerprint density at radius 3 is 2.48 bits per heavy atom. The highest BCUT2D eigenvalue weighted by molar-refractivity contribution is 7.91. The normalized spacial score (nSPS) is 20.8. The van der Waals surface area contributed by atoms with Crippen LogP contribution >= 0.6 is 34.8 Å². The van der Waals surface area contributed by atoms with E-state index in [1.54, 1.807) is 0 Å². The Morgan fingerprint density at radius 1 is 1.32 bits per heavy atom. The van der Waals surface area contributed by atoms with E-state index in [1.807, 2.05) is 0 Å². The molecule has 0 aliphatic carbocycles. The summed E-state index contributed by atoms with van der Waals surface area (Å²) in [5.41, 5.74) is -0.598. The van der Waals surface area contributed by atoms with E-state index in [0.29, 0.717) is 6.42 Å². The Bertz CT molecular complexity index is 781. The number of amides is 1. The smallest absolute Gasteiger partial charge is 0.282 e. The van der Waals surface area contributed by atoms with Crippen molar-refractivity contribution in [1.82, 2.24) is 10.6 Å². The van der Waals surface area contributed by atoms with Gasteiger partial charge in [0.2, 0.25) is 3.79 Å². The number of hydrogen-bond acceptors (Lipinski definition) is 6. The van der Waals surface area contributed by atoms with Crippen molar-refractivity contribution in [1.29, 1.82) is 0 Å². The molecule has 1 saturated heterocycles. The average Bonchev–Trinajstić information content (AvgIpc) is 2.84. The Kier molecular flexibility index (Phi) is 6.16. The first-order valence-corrected chi connectivity index (χ1v) is 10.0. The topological polar surface area (TPSA) is 118 Å². The van der Waals surface area contributed by atoms with Crippen molar-refractivity contribution in [3.8, 4) is 0 Å². The fourth-order valence-corrected chi connectivity index (χ4v) is 4.45. The van der Waals surface area contributed by atoms with Crippen LogP contribution in [0.5, 0.6) is 0 Å². The van der Waals surface area contributed by atoms with Gasteiger partial charge < -0.3 is 5.32 Å². The quantitative estimate of drug-likeness (QED) is 0.318. The fraction of sp³-hybridized carbons (Fsp3) is 0.462. The van der Waals surface area contributed by atoms with Gasteiger partial charge in [-0.05, 0) is 12.5 Å². The van der Waals surface area contributed by atoms with Crippen molar-refractivity contribution in [3.05, 3.63) is 39.9 Å². The maximum absolute atomic E-state index is 12.4. The van der Waals surface area contributed by atoms with Crippen LogP contribution in [-0.2, 0) is 9.84 Å². The lowest BCUT2D eigenvalue weighted by Gasteiger charge is -2.29. The van der Waals surface area contributed by atoms with Crippen molar-refractivity contribution in [2.75, 3.05) is 11.5 Å². The molecule has 2 atom stereocenters. The number of alkyl halides is 3. The van der Waals surface area contributed by atoms with Gasteiger partial charge in [0.1, 0.15) is 11.7 Å². The van der Waals surface area contributed by atoms with Crippen molar-refractivity contribution in [2.24, 2.45) is 0 Å². The Morgan fingerprint density at radius 2 is 1.96 bits per heavy atom. The van der Waals surface area contributed by atoms with Crippen LogP contribution < -0.4 is 10.6 Å². The van der Waals surface area contributed by atoms with Crippen LogP contribution in [0.15, 0.2) is 24.3 Å². The highest BCUT2D eigenvalue weighted by atomic mass is 35.6. The van der Waals surface area contributed by atoms with Gasteiger partial charge in [-0.1, -0.05) is 46.9 Å². The first-order chi connectivity index (χ1) is 11.5. The average molecular weight is 431 g/mol. The number of rotatable bonds is 5. The predicted octanol–water partition coefficient (Wildman–Crippen LogP) is 1.80. The van der Waals surface area contributed by atoms with Crippen LogP contribution in [0.2, 0.25) is 0 Å². The number of hydrogen-bond donors (Lipinski definition) is 2. The molecule has 1 heterocycles. The van der Waals surface area contributed by atoms with Gasteiger partial charge in [-0.25, -0.2) is 8.42 Å². The van der Waals surface area contributed by atoms with Gasteiger partial charge >= 0.3 is 0 Å². The number of halogens is 3. The summed E-state index contributed by atoms with van der Waals surface area (Å²) >= 11 is 17.6. The summed E-state index contributed by atoms with van der Waals surface area (Å²) in [4.78, 5) is 22.7. The van der Waals surface area contributed by atoms with Crippen molar-refractivity contribution < 1.29 is 18.1 Å². The van der Waals surface area contributed by atoms with E-state index in [2.05, 4.69) is 10.6 Å². The minimum atomic E-state index is -3.18. The Hall–Kier alpha value is -1.13. The third-order valence-electron chi connectivity index (χ3n) is 3.58. The van der Waals surface area contributed by atoms with Crippen LogP contribution in [0.4, 0.5) is 5.69 Å². The molecule has 8 nitrogen and oxygen atoms in total. The van der Waals surface area contributed by atoms with Gasteiger partial charge in [0, 0.05) is 12.1 Å². The maximum atomic E-state index is 12.4. The SMILES string of the molecule is O=C(N[C@@H](N[C@@H]1CCS(=O)(=O)C1)C(Cl)(Cl)Cl)c1ccccc1[N+](=O)[O-]. The van der Waals surface area contributed by atoms with Crippen molar-refractivity contribution in [3.63, 3.8) is 0 Å². The monoisotopic (exact) mass is 429 g/mol. The van der Waals surface area contributed by atoms with Gasteiger partial charge in [0.05, 0.1) is 16.4 Å². The Balaban J connectivity index is 2.18. The summed E-state index contributed by atoms with van der Waals surface area (Å²) < 4.78 is 21.1. The van der Waals surface area contributed by atoms with Crippen molar-refractivity contribution >= 4 is 56.2 Å². The molecule has 25 heavy (non-hydrogen) atoms. The van der Waals surface area contributed by atoms with E-state index in [0.717, 1.165) is 0 Å². The summed E-state index contributed by atoms with van der Waals surface area (Å²) in [6.07, 6.45) is -0.927. The second-order valence-electron chi connectivity index (χ2n) is 5.49. The number of benzene rings is 1. The number of nitrogens with zero attached hydrogens (tertiary/aromatic N) is 1. The Labute approximate surface area is 158 Å². The largest absolute Gasteiger partial charge is 0.332 e. The molecular formula is C13H14Cl3N3O5S. The van der Waals surface area contributed by atoms with Crippen LogP contribution in [0.1, 0.15) is 16.8 Å². The van der Waals surface area contributed by atoms with Gasteiger partial charge in [-0.2, -0.15) is 0 Å². The maximum Gasteiger partial charge on any atom is 0.282 e. The molecule has 1 aromatic carbocycles. The van der Waals surface area contributed by atoms with E-state index in [9.17, 15) is 23.3 Å². The second-order valence-corrected chi connectivity index (χ2v) is 10.1. The zero-order chi connectivity index (χ0) is 18.8. The molecule has 1 aromatic rings. The number of nitro groups is 1. The summed E-state index contributed by atoms with van der Waals surface area (Å²) in [6, 6.07) is 4.82. The lowest BCUT2D eigenvalue weighted by atomic mass is 10.1. The molecule has 0 saturated carbocycles. The lowest BCUT2D eigenvalue weighted by Crippen LogP contribution is -2.56. The molecule has 1 amide bonds. The van der Waals surface area contributed by atoms with Gasteiger partial charge in [-0.3, -0.25) is 20.2 Å². The molecule has 0 aromatic heterocycles. The molecule has 1 fully saturated rings. The number of para-hydroxylation sites is 1. The lowest BCUT2D eigenvalue weighted by molar-refractivity contribution is -0.385. The molecule has 12 heteroatoms. The van der Waals surface area contributed by atoms with Crippen LogP contribution in [0.25, 0.3) is 0 Å². The molecule has 0 spiro atoms. The highest BCUT2D eigenvalue weighted by Gasteiger charge is 2.39.